The summed E-state index contributed by atoms with van der Waals surface area (Å²) in [5.74, 6) is -7.06. The molecule has 14 heteroatoms. The van der Waals surface area contributed by atoms with Gasteiger partial charge in [0.2, 0.25) is 0 Å². The van der Waals surface area contributed by atoms with Crippen molar-refractivity contribution in [3.8, 4) is 24.3 Å². The molecular weight excluding hydrogens is 725 g/mol. The molecule has 2 aromatic heterocycles. The molecule has 270 valence electrons. The van der Waals surface area contributed by atoms with Crippen LogP contribution < -0.4 is 0 Å². The number of carbonyl (C=O) groups is 2. The molecule has 0 N–H and O–H groups in total. The van der Waals surface area contributed by atoms with Gasteiger partial charge in [0.25, 0.3) is 0 Å². The average Bonchev–Trinajstić information content (AvgIpc) is 3.56. The van der Waals surface area contributed by atoms with Gasteiger partial charge < -0.3 is 0 Å². The zero-order valence-electron chi connectivity index (χ0n) is 29.7. The van der Waals surface area contributed by atoms with Gasteiger partial charge in [0.05, 0.1) is 45.8 Å². The zero-order chi connectivity index (χ0) is 40.3. The molecule has 0 radical (unpaired) electrons. The van der Waals surface area contributed by atoms with Gasteiger partial charge in [-0.3, -0.25) is 19.6 Å². The molecule has 5 aromatic rings. The molecule has 0 unspecified atom stereocenters. The summed E-state index contributed by atoms with van der Waals surface area (Å²) in [6.07, 6.45) is 5.32. The van der Waals surface area contributed by atoms with Crippen LogP contribution in [0.5, 0.6) is 0 Å². The van der Waals surface area contributed by atoms with Gasteiger partial charge in [0.1, 0.15) is 35.4 Å². The van der Waals surface area contributed by atoms with E-state index >= 15 is 0 Å². The van der Waals surface area contributed by atoms with Crippen molar-refractivity contribution in [1.82, 2.24) is 19.9 Å². The van der Waals surface area contributed by atoms with Gasteiger partial charge in [0, 0.05) is 44.5 Å². The average molecular weight is 747 g/mol. The Morgan fingerprint density at radius 3 is 1.18 bits per heavy atom. The maximum atomic E-state index is 14.3. The Labute approximate surface area is 315 Å². The predicted octanol–water partition coefficient (Wildman–Crippen LogP) is 8.54. The van der Waals surface area contributed by atoms with E-state index in [2.05, 4.69) is 0 Å². The van der Waals surface area contributed by atoms with Gasteiger partial charge >= 0.3 is 0 Å². The molecule has 0 fully saturated rings. The fourth-order valence-corrected chi connectivity index (χ4v) is 7.11. The highest BCUT2D eigenvalue weighted by atomic mass is 19.2. The van der Waals surface area contributed by atoms with Crippen molar-refractivity contribution in [1.29, 1.82) is 21.0 Å². The number of nitriles is 4. The van der Waals surface area contributed by atoms with Gasteiger partial charge in [-0.15, -0.1) is 0 Å². The Bertz CT molecular complexity index is 2770. The summed E-state index contributed by atoms with van der Waals surface area (Å²) in [6.45, 7) is 7.54. The van der Waals surface area contributed by atoms with E-state index in [4.69, 9.17) is 19.9 Å². The number of allylic oxidation sites excluding steroid dienone is 6. The van der Waals surface area contributed by atoms with Gasteiger partial charge in [-0.05, 0) is 59.4 Å². The second-order valence-corrected chi connectivity index (χ2v) is 13.5. The van der Waals surface area contributed by atoms with Crippen LogP contribution in [-0.2, 0) is 0 Å². The van der Waals surface area contributed by atoms with Gasteiger partial charge in [-0.1, -0.05) is 27.7 Å². The number of halogens is 4. The molecule has 56 heavy (non-hydrogen) atoms. The second kappa shape index (κ2) is 13.6. The van der Waals surface area contributed by atoms with Gasteiger partial charge in [-0.2, -0.15) is 21.0 Å². The standard InChI is InChI=1S/C42H22F4N8O2/c1-17(2)33-37-40(54-22(15-51-37)6-28-36(20(13-49)14-50)24-8-30(44)32(46)10-26(24)42(28)56)34(18(3)4)38-39(33)53-21(16-52-38)5-27-35(19(11-47)12-48)23-7-29(43)31(45)9-25(23)41(27)55/h5-10,15-18H,1-4H3/b27-5-,28-6-. The Kier molecular flexibility index (Phi) is 8.92. The maximum absolute atomic E-state index is 14.3. The van der Waals surface area contributed by atoms with E-state index in [-0.39, 0.29) is 67.8 Å². The Balaban J connectivity index is 1.45. The number of nitrogens with zero attached hydrogens (tertiary/aromatic N) is 8. The lowest BCUT2D eigenvalue weighted by atomic mass is 9.91. The van der Waals surface area contributed by atoms with Gasteiger partial charge in [-0.25, -0.2) is 27.5 Å². The van der Waals surface area contributed by atoms with Crippen molar-refractivity contribution >= 4 is 56.9 Å². The van der Waals surface area contributed by atoms with Crippen molar-refractivity contribution in [2.75, 3.05) is 0 Å². The van der Waals surface area contributed by atoms with E-state index in [9.17, 15) is 48.2 Å². The minimum Gasteiger partial charge on any atom is -0.289 e. The smallest absolute Gasteiger partial charge is 0.194 e. The fourth-order valence-electron chi connectivity index (χ4n) is 7.11. The van der Waals surface area contributed by atoms with Crippen LogP contribution in [0.2, 0.25) is 0 Å². The monoisotopic (exact) mass is 746 g/mol. The molecule has 0 saturated carbocycles. The van der Waals surface area contributed by atoms with E-state index in [1.54, 1.807) is 24.3 Å². The van der Waals surface area contributed by atoms with Crippen LogP contribution in [-0.4, -0.2) is 31.5 Å². The molecule has 2 heterocycles. The number of benzene rings is 3. The quantitative estimate of drug-likeness (QED) is 0.0748. The van der Waals surface area contributed by atoms with E-state index in [1.807, 2.05) is 27.7 Å². The van der Waals surface area contributed by atoms with Crippen LogP contribution in [0.4, 0.5) is 17.6 Å². The molecule has 0 bridgehead atoms. The SMILES string of the molecule is CC(C)c1c2ncc(/C=C3\C(=O)c4cc(F)c(F)cc4C3=C(C#N)C#N)nc2c(C(C)C)c2ncc(/C=C3\C(=O)c4cc(F)c(F)cc4C3=C(C#N)C#N)nc12. The van der Waals surface area contributed by atoms with Crippen LogP contribution >= 0.6 is 0 Å². The summed E-state index contributed by atoms with van der Waals surface area (Å²) in [5, 5.41) is 38.8. The van der Waals surface area contributed by atoms with Crippen LogP contribution in [0, 0.1) is 68.6 Å². The fraction of sp³-hybridized carbons (Fsp3) is 0.143. The van der Waals surface area contributed by atoms with Crippen molar-refractivity contribution in [3.63, 3.8) is 0 Å². The molecule has 7 rings (SSSR count). The number of carbonyl (C=O) groups excluding carboxylic acids is 2. The van der Waals surface area contributed by atoms with Crippen LogP contribution in [0.1, 0.15) is 93.9 Å². The minimum atomic E-state index is -1.27. The molecule has 2 aliphatic rings. The summed E-state index contributed by atoms with van der Waals surface area (Å²) >= 11 is 0. The first-order valence-corrected chi connectivity index (χ1v) is 16.8. The van der Waals surface area contributed by atoms with Crippen molar-refractivity contribution < 1.29 is 27.2 Å². The number of hydrogen-bond acceptors (Lipinski definition) is 10. The molecule has 10 nitrogen and oxygen atoms in total. The van der Waals surface area contributed by atoms with E-state index < -0.39 is 46.0 Å². The Morgan fingerprint density at radius 2 is 0.875 bits per heavy atom. The van der Waals surface area contributed by atoms with Crippen LogP contribution in [0.15, 0.2) is 59.0 Å². The highest BCUT2D eigenvalue weighted by Gasteiger charge is 2.36. The first kappa shape index (κ1) is 36.7. The summed E-state index contributed by atoms with van der Waals surface area (Å²) in [6, 6.07) is 9.88. The lowest BCUT2D eigenvalue weighted by Gasteiger charge is -2.18. The Morgan fingerprint density at radius 1 is 0.554 bits per heavy atom. The molecule has 0 amide bonds. The number of Topliss-reactive ketones (excluding diaryl/α,β-unsaturated/α-hetero) is 2. The topological polar surface area (TPSA) is 181 Å². The van der Waals surface area contributed by atoms with Crippen molar-refractivity contribution in [2.45, 2.75) is 39.5 Å². The van der Waals surface area contributed by atoms with Crippen molar-refractivity contribution in [2.24, 2.45) is 0 Å². The zero-order valence-corrected chi connectivity index (χ0v) is 29.7. The summed E-state index contributed by atoms with van der Waals surface area (Å²) in [7, 11) is 0. The largest absolute Gasteiger partial charge is 0.289 e. The lowest BCUT2D eigenvalue weighted by Crippen LogP contribution is -2.06. The maximum Gasteiger partial charge on any atom is 0.194 e. The minimum absolute atomic E-state index is 0.106. The third-order valence-electron chi connectivity index (χ3n) is 9.47. The summed E-state index contributed by atoms with van der Waals surface area (Å²) in [4.78, 5) is 46.3. The molecule has 0 aliphatic heterocycles. The summed E-state index contributed by atoms with van der Waals surface area (Å²) in [5.41, 5.74) is 0.762. The van der Waals surface area contributed by atoms with Crippen molar-refractivity contribution in [3.05, 3.63) is 127 Å². The van der Waals surface area contributed by atoms with Crippen LogP contribution in [0.25, 0.3) is 45.4 Å². The molecule has 2 aliphatic carbocycles. The lowest BCUT2D eigenvalue weighted by molar-refractivity contribution is 0.103. The number of fused-ring (bicyclic) bond motifs is 4. The van der Waals surface area contributed by atoms with Gasteiger partial charge in [0.15, 0.2) is 34.8 Å². The molecule has 0 atom stereocenters. The molecular formula is C42H22F4N8O2. The Hall–Kier alpha value is -7.68. The first-order chi connectivity index (χ1) is 26.7. The molecule has 0 saturated heterocycles. The van der Waals surface area contributed by atoms with E-state index in [0.29, 0.717) is 33.2 Å². The third-order valence-corrected chi connectivity index (χ3v) is 9.47. The third kappa shape index (κ3) is 5.60. The normalized spacial score (nSPS) is 14.8. The van der Waals surface area contributed by atoms with E-state index in [1.165, 1.54) is 24.5 Å². The van der Waals surface area contributed by atoms with Crippen LogP contribution in [0.3, 0.4) is 0 Å². The highest BCUT2D eigenvalue weighted by Crippen LogP contribution is 2.43. The highest BCUT2D eigenvalue weighted by molar-refractivity contribution is 6.30. The molecule has 3 aromatic carbocycles. The second-order valence-electron chi connectivity index (χ2n) is 13.5. The predicted molar refractivity (Wildman–Crippen MR) is 194 cm³/mol. The number of rotatable bonds is 4. The number of ketones is 2. The summed E-state index contributed by atoms with van der Waals surface area (Å²) < 4.78 is 57.1. The molecule has 0 spiro atoms. The van der Waals surface area contributed by atoms with E-state index in [0.717, 1.165) is 24.3 Å². The first-order valence-electron chi connectivity index (χ1n) is 16.8. The number of aromatic nitrogens is 4. The number of hydrogen-bond donors (Lipinski definition) is 0.